The standard InChI is InChI=1S/C10H21N3O2/c1-7(12-8(14)6-11-5)9(15)13-10(2,3)4/h7,11H,6H2,1-5H3,(H,12,14)(H,13,15). The smallest absolute Gasteiger partial charge is 0.242 e. The Morgan fingerprint density at radius 1 is 1.27 bits per heavy atom. The third-order valence-corrected chi connectivity index (χ3v) is 1.61. The molecule has 0 radical (unpaired) electrons. The highest BCUT2D eigenvalue weighted by Crippen LogP contribution is 1.99. The number of likely N-dealkylation sites (N-methyl/N-ethyl adjacent to an activating group) is 1. The van der Waals surface area contributed by atoms with E-state index in [1.807, 2.05) is 20.8 Å². The van der Waals surface area contributed by atoms with Crippen LogP contribution in [0.5, 0.6) is 0 Å². The van der Waals surface area contributed by atoms with Gasteiger partial charge in [0, 0.05) is 5.54 Å². The molecule has 3 N–H and O–H groups in total. The molecule has 0 saturated carbocycles. The lowest BCUT2D eigenvalue weighted by molar-refractivity contribution is -0.129. The van der Waals surface area contributed by atoms with Gasteiger partial charge in [0.2, 0.25) is 11.8 Å². The van der Waals surface area contributed by atoms with Crippen molar-refractivity contribution in [3.63, 3.8) is 0 Å². The zero-order chi connectivity index (χ0) is 12.1. The summed E-state index contributed by atoms with van der Waals surface area (Å²) in [5.74, 6) is -0.360. The number of nitrogens with one attached hydrogen (secondary N) is 3. The molecule has 0 rings (SSSR count). The molecule has 1 unspecified atom stereocenters. The first-order valence-corrected chi connectivity index (χ1v) is 5.02. The van der Waals surface area contributed by atoms with Crippen molar-refractivity contribution in [3.05, 3.63) is 0 Å². The minimum absolute atomic E-state index is 0.174. The summed E-state index contributed by atoms with van der Waals surface area (Å²) >= 11 is 0. The van der Waals surface area contributed by atoms with Crippen molar-refractivity contribution in [2.45, 2.75) is 39.3 Å². The van der Waals surface area contributed by atoms with Crippen LogP contribution < -0.4 is 16.0 Å². The summed E-state index contributed by atoms with van der Waals surface area (Å²) in [5, 5.41) is 8.10. The van der Waals surface area contributed by atoms with Crippen LogP contribution in [0.2, 0.25) is 0 Å². The van der Waals surface area contributed by atoms with E-state index in [2.05, 4.69) is 16.0 Å². The quantitative estimate of drug-likeness (QED) is 0.599. The van der Waals surface area contributed by atoms with Crippen LogP contribution in [0.3, 0.4) is 0 Å². The zero-order valence-electron chi connectivity index (χ0n) is 10.1. The van der Waals surface area contributed by atoms with Gasteiger partial charge in [0.1, 0.15) is 6.04 Å². The summed E-state index contributed by atoms with van der Waals surface area (Å²) in [7, 11) is 1.68. The highest BCUT2D eigenvalue weighted by Gasteiger charge is 2.20. The van der Waals surface area contributed by atoms with Crippen molar-refractivity contribution >= 4 is 11.8 Å². The molecule has 0 aromatic rings. The van der Waals surface area contributed by atoms with E-state index in [9.17, 15) is 9.59 Å². The first-order valence-electron chi connectivity index (χ1n) is 5.02. The van der Waals surface area contributed by atoms with Crippen LogP contribution in [-0.2, 0) is 9.59 Å². The largest absolute Gasteiger partial charge is 0.350 e. The van der Waals surface area contributed by atoms with E-state index in [1.165, 1.54) is 0 Å². The number of rotatable bonds is 4. The lowest BCUT2D eigenvalue weighted by Gasteiger charge is -2.23. The Hall–Kier alpha value is -1.10. The Labute approximate surface area is 91.0 Å². The van der Waals surface area contributed by atoms with Crippen LogP contribution in [0.25, 0.3) is 0 Å². The Morgan fingerprint density at radius 2 is 1.80 bits per heavy atom. The first kappa shape index (κ1) is 13.9. The Bertz CT molecular complexity index is 233. The average molecular weight is 215 g/mol. The lowest BCUT2D eigenvalue weighted by Crippen LogP contribution is -2.51. The van der Waals surface area contributed by atoms with Crippen LogP contribution in [0.4, 0.5) is 0 Å². The predicted octanol–water partition coefficient (Wildman–Crippen LogP) is -0.375. The minimum atomic E-state index is -0.509. The first-order chi connectivity index (χ1) is 6.76. The fourth-order valence-corrected chi connectivity index (χ4v) is 0.996. The van der Waals surface area contributed by atoms with Crippen LogP contribution in [0.15, 0.2) is 0 Å². The number of carbonyl (C=O) groups excluding carboxylic acids is 2. The second kappa shape index (κ2) is 5.70. The molecule has 1 atom stereocenters. The van der Waals surface area contributed by atoms with E-state index in [1.54, 1.807) is 14.0 Å². The van der Waals surface area contributed by atoms with Crippen molar-refractivity contribution in [1.29, 1.82) is 0 Å². The van der Waals surface area contributed by atoms with Crippen LogP contribution in [0, 0.1) is 0 Å². The minimum Gasteiger partial charge on any atom is -0.350 e. The maximum absolute atomic E-state index is 11.6. The van der Waals surface area contributed by atoms with E-state index >= 15 is 0 Å². The molecule has 0 aromatic heterocycles. The van der Waals surface area contributed by atoms with E-state index in [-0.39, 0.29) is 23.9 Å². The second-order valence-electron chi connectivity index (χ2n) is 4.56. The van der Waals surface area contributed by atoms with Gasteiger partial charge >= 0.3 is 0 Å². The van der Waals surface area contributed by atoms with Gasteiger partial charge in [0.25, 0.3) is 0 Å². The fourth-order valence-electron chi connectivity index (χ4n) is 0.996. The van der Waals surface area contributed by atoms with Gasteiger partial charge in [0.05, 0.1) is 6.54 Å². The third kappa shape index (κ3) is 6.90. The van der Waals surface area contributed by atoms with E-state index in [0.29, 0.717) is 0 Å². The topological polar surface area (TPSA) is 70.2 Å². The fraction of sp³-hybridized carbons (Fsp3) is 0.800. The van der Waals surface area contributed by atoms with Gasteiger partial charge < -0.3 is 16.0 Å². The molecular weight excluding hydrogens is 194 g/mol. The van der Waals surface area contributed by atoms with Crippen molar-refractivity contribution in [2.24, 2.45) is 0 Å². The van der Waals surface area contributed by atoms with Crippen molar-refractivity contribution in [3.8, 4) is 0 Å². The van der Waals surface area contributed by atoms with Crippen molar-refractivity contribution < 1.29 is 9.59 Å². The van der Waals surface area contributed by atoms with Gasteiger partial charge in [-0.3, -0.25) is 9.59 Å². The molecule has 5 heteroatoms. The van der Waals surface area contributed by atoms with Gasteiger partial charge in [-0.15, -0.1) is 0 Å². The number of carbonyl (C=O) groups is 2. The molecule has 0 heterocycles. The van der Waals surface area contributed by atoms with Gasteiger partial charge in [0.15, 0.2) is 0 Å². The molecule has 0 aliphatic heterocycles. The van der Waals surface area contributed by atoms with Gasteiger partial charge in [-0.05, 0) is 34.7 Å². The van der Waals surface area contributed by atoms with E-state index in [4.69, 9.17) is 0 Å². The van der Waals surface area contributed by atoms with Crippen LogP contribution in [0.1, 0.15) is 27.7 Å². The van der Waals surface area contributed by atoms with Gasteiger partial charge in [-0.25, -0.2) is 0 Å². The molecular formula is C10H21N3O2. The SMILES string of the molecule is CNCC(=O)NC(C)C(=O)NC(C)(C)C. The van der Waals surface area contributed by atoms with Gasteiger partial charge in [-0.1, -0.05) is 0 Å². The average Bonchev–Trinajstić information content (AvgIpc) is 2.00. The van der Waals surface area contributed by atoms with E-state index in [0.717, 1.165) is 0 Å². The lowest BCUT2D eigenvalue weighted by atomic mass is 10.1. The molecule has 2 amide bonds. The third-order valence-electron chi connectivity index (χ3n) is 1.61. The van der Waals surface area contributed by atoms with Crippen molar-refractivity contribution in [2.75, 3.05) is 13.6 Å². The molecule has 0 bridgehead atoms. The second-order valence-corrected chi connectivity index (χ2v) is 4.56. The molecule has 15 heavy (non-hydrogen) atoms. The van der Waals surface area contributed by atoms with Crippen LogP contribution >= 0.6 is 0 Å². The van der Waals surface area contributed by atoms with Gasteiger partial charge in [-0.2, -0.15) is 0 Å². The molecule has 0 saturated heterocycles. The highest BCUT2D eigenvalue weighted by molar-refractivity contribution is 5.88. The molecule has 0 spiro atoms. The summed E-state index contributed by atoms with van der Waals surface area (Å²) in [6.45, 7) is 7.56. The molecule has 0 aliphatic carbocycles. The molecule has 0 aliphatic rings. The van der Waals surface area contributed by atoms with Crippen LogP contribution in [-0.4, -0.2) is 37.0 Å². The summed E-state index contributed by atoms with van der Waals surface area (Å²) < 4.78 is 0. The maximum Gasteiger partial charge on any atom is 0.242 e. The molecule has 88 valence electrons. The Balaban J connectivity index is 4.05. The molecule has 5 nitrogen and oxygen atoms in total. The highest BCUT2D eigenvalue weighted by atomic mass is 16.2. The molecule has 0 aromatic carbocycles. The Morgan fingerprint density at radius 3 is 2.20 bits per heavy atom. The van der Waals surface area contributed by atoms with Crippen molar-refractivity contribution in [1.82, 2.24) is 16.0 Å². The monoisotopic (exact) mass is 215 g/mol. The summed E-state index contributed by atoms with van der Waals surface area (Å²) in [6, 6.07) is -0.509. The number of amides is 2. The zero-order valence-corrected chi connectivity index (χ0v) is 10.1. The Kier molecular flexibility index (Phi) is 5.28. The summed E-state index contributed by atoms with van der Waals surface area (Å²) in [6.07, 6.45) is 0. The summed E-state index contributed by atoms with van der Waals surface area (Å²) in [5.41, 5.74) is -0.279. The number of hydrogen-bond donors (Lipinski definition) is 3. The maximum atomic E-state index is 11.6. The number of hydrogen-bond acceptors (Lipinski definition) is 3. The van der Waals surface area contributed by atoms with E-state index < -0.39 is 6.04 Å². The molecule has 0 fully saturated rings. The summed E-state index contributed by atoms with van der Waals surface area (Å²) in [4.78, 5) is 22.7. The normalized spacial score (nSPS) is 13.1. The predicted molar refractivity (Wildman–Crippen MR) is 59.4 cm³/mol.